The van der Waals surface area contributed by atoms with Crippen LogP contribution in [-0.2, 0) is 16.0 Å². The zero-order chi connectivity index (χ0) is 13.1. The molecule has 0 radical (unpaired) electrons. The fourth-order valence-electron chi connectivity index (χ4n) is 1.79. The second-order valence-corrected chi connectivity index (χ2v) is 4.19. The van der Waals surface area contributed by atoms with Gasteiger partial charge in [-0.2, -0.15) is 0 Å². The van der Waals surface area contributed by atoms with E-state index in [0.717, 1.165) is 22.6 Å². The third-order valence-corrected chi connectivity index (χ3v) is 2.83. The molecule has 1 aliphatic rings. The molecule has 0 spiro atoms. The first kappa shape index (κ1) is 12.4. The fourth-order valence-corrected chi connectivity index (χ4v) is 1.79. The Labute approximate surface area is 105 Å². The molecule has 1 amide bonds. The van der Waals surface area contributed by atoms with Gasteiger partial charge >= 0.3 is 0 Å². The Morgan fingerprint density at radius 1 is 1.28 bits per heavy atom. The monoisotopic (exact) mass is 249 g/mol. The molecule has 1 aromatic carbocycles. The molecule has 1 aromatic rings. The summed E-state index contributed by atoms with van der Waals surface area (Å²) in [5, 5.41) is 2.56. The van der Waals surface area contributed by atoms with Crippen LogP contribution >= 0.6 is 0 Å². The molecule has 0 aliphatic carbocycles. The third kappa shape index (κ3) is 2.61. The maximum atomic E-state index is 11.1. The summed E-state index contributed by atoms with van der Waals surface area (Å²) in [7, 11) is 0. The Hall–Kier alpha value is -2.04. The third-order valence-electron chi connectivity index (χ3n) is 2.83. The zero-order valence-electron chi connectivity index (χ0n) is 10.4. The van der Waals surface area contributed by atoms with E-state index in [1.54, 1.807) is 0 Å². The van der Waals surface area contributed by atoms with Crippen LogP contribution in [0.5, 0.6) is 11.5 Å². The topological polar surface area (TPSA) is 64.6 Å². The van der Waals surface area contributed by atoms with E-state index in [-0.39, 0.29) is 6.79 Å². The second-order valence-electron chi connectivity index (χ2n) is 4.19. The highest BCUT2D eigenvalue weighted by atomic mass is 16.7. The number of hydrogen-bond donors (Lipinski definition) is 1. The summed E-state index contributed by atoms with van der Waals surface area (Å²) in [6.45, 7) is 3.91. The number of amides is 1. The number of Topliss-reactive ketones (excluding diaryl/α,β-unsaturated/α-hetero) is 1. The summed E-state index contributed by atoms with van der Waals surface area (Å²) in [6, 6.07) is 3.84. The van der Waals surface area contributed by atoms with Gasteiger partial charge < -0.3 is 14.8 Å². The van der Waals surface area contributed by atoms with Gasteiger partial charge in [0.25, 0.3) is 5.91 Å². The number of carbonyl (C=O) groups excluding carboxylic acids is 2. The van der Waals surface area contributed by atoms with Crippen molar-refractivity contribution in [3.63, 3.8) is 0 Å². The lowest BCUT2D eigenvalue weighted by atomic mass is 10.0. The number of hydrogen-bond acceptors (Lipinski definition) is 4. The summed E-state index contributed by atoms with van der Waals surface area (Å²) < 4.78 is 10.6. The molecule has 96 valence electrons. The van der Waals surface area contributed by atoms with Crippen molar-refractivity contribution < 1.29 is 19.1 Å². The van der Waals surface area contributed by atoms with E-state index < -0.39 is 11.7 Å². The number of carbonyl (C=O) groups is 2. The number of benzene rings is 1. The first-order valence-electron chi connectivity index (χ1n) is 5.76. The molecule has 5 heteroatoms. The van der Waals surface area contributed by atoms with E-state index >= 15 is 0 Å². The second kappa shape index (κ2) is 5.08. The van der Waals surface area contributed by atoms with Crippen molar-refractivity contribution in [1.29, 1.82) is 0 Å². The molecule has 1 heterocycles. The number of ketones is 1. The molecule has 0 unspecified atom stereocenters. The molecule has 18 heavy (non-hydrogen) atoms. The highest BCUT2D eigenvalue weighted by molar-refractivity contribution is 6.35. The van der Waals surface area contributed by atoms with Gasteiger partial charge in [-0.1, -0.05) is 0 Å². The zero-order valence-corrected chi connectivity index (χ0v) is 10.4. The molecular formula is C13H15NO4. The van der Waals surface area contributed by atoms with Gasteiger partial charge in [0.1, 0.15) is 0 Å². The average molecular weight is 249 g/mol. The summed E-state index contributed by atoms with van der Waals surface area (Å²) in [4.78, 5) is 21.9. The molecular weight excluding hydrogens is 234 g/mol. The Morgan fingerprint density at radius 3 is 2.61 bits per heavy atom. The lowest BCUT2D eigenvalue weighted by Gasteiger charge is -2.08. The minimum absolute atomic E-state index is 0.249. The Kier molecular flexibility index (Phi) is 3.50. The molecule has 0 aromatic heterocycles. The largest absolute Gasteiger partial charge is 0.454 e. The van der Waals surface area contributed by atoms with Gasteiger partial charge in [-0.25, -0.2) is 0 Å². The van der Waals surface area contributed by atoms with Crippen molar-refractivity contribution in [2.75, 3.05) is 13.3 Å². The van der Waals surface area contributed by atoms with E-state index in [0.29, 0.717) is 13.0 Å². The van der Waals surface area contributed by atoms with Gasteiger partial charge in [-0.05, 0) is 36.6 Å². The van der Waals surface area contributed by atoms with Gasteiger partial charge in [0.15, 0.2) is 11.5 Å². The van der Waals surface area contributed by atoms with Crippen LogP contribution in [0.15, 0.2) is 12.1 Å². The highest BCUT2D eigenvalue weighted by Crippen LogP contribution is 2.34. The molecule has 1 N–H and O–H groups in total. The van der Waals surface area contributed by atoms with Gasteiger partial charge in [0, 0.05) is 13.5 Å². The Morgan fingerprint density at radius 2 is 1.94 bits per heavy atom. The summed E-state index contributed by atoms with van der Waals surface area (Å²) in [5.74, 6) is 0.461. The molecule has 1 aliphatic heterocycles. The number of fused-ring (bicyclic) bond motifs is 1. The van der Waals surface area contributed by atoms with Gasteiger partial charge in [-0.3, -0.25) is 9.59 Å². The molecule has 0 atom stereocenters. The van der Waals surface area contributed by atoms with Crippen molar-refractivity contribution in [2.45, 2.75) is 20.3 Å². The predicted octanol–water partition coefficient (Wildman–Crippen LogP) is 0.971. The maximum Gasteiger partial charge on any atom is 0.287 e. The van der Waals surface area contributed by atoms with E-state index in [1.165, 1.54) is 6.92 Å². The first-order chi connectivity index (χ1) is 8.58. The summed E-state index contributed by atoms with van der Waals surface area (Å²) in [6.07, 6.45) is 0.654. The van der Waals surface area contributed by atoms with Crippen molar-refractivity contribution in [3.05, 3.63) is 23.3 Å². The number of ether oxygens (including phenoxy) is 2. The van der Waals surface area contributed by atoms with Crippen LogP contribution in [0, 0.1) is 6.92 Å². The van der Waals surface area contributed by atoms with Gasteiger partial charge in [0.05, 0.1) is 0 Å². The van der Waals surface area contributed by atoms with Crippen LogP contribution in [-0.4, -0.2) is 25.0 Å². The van der Waals surface area contributed by atoms with Crippen molar-refractivity contribution in [2.24, 2.45) is 0 Å². The lowest BCUT2D eigenvalue weighted by Crippen LogP contribution is -2.30. The minimum atomic E-state index is -0.548. The first-order valence-corrected chi connectivity index (χ1v) is 5.76. The van der Waals surface area contributed by atoms with E-state index in [9.17, 15) is 9.59 Å². The van der Waals surface area contributed by atoms with E-state index in [2.05, 4.69) is 5.32 Å². The summed E-state index contributed by atoms with van der Waals surface area (Å²) in [5.41, 5.74) is 2.15. The van der Waals surface area contributed by atoms with Crippen LogP contribution in [0.1, 0.15) is 18.1 Å². The smallest absolute Gasteiger partial charge is 0.287 e. The molecule has 0 bridgehead atoms. The molecule has 0 saturated heterocycles. The molecule has 0 saturated carbocycles. The number of nitrogens with one attached hydrogen (secondary N) is 1. The normalized spacial score (nSPS) is 12.3. The lowest BCUT2D eigenvalue weighted by molar-refractivity contribution is -0.136. The van der Waals surface area contributed by atoms with Crippen LogP contribution in [0.25, 0.3) is 0 Å². The average Bonchev–Trinajstić information content (AvgIpc) is 2.75. The van der Waals surface area contributed by atoms with Crippen molar-refractivity contribution in [3.8, 4) is 11.5 Å². The number of aryl methyl sites for hydroxylation is 1. The highest BCUT2D eigenvalue weighted by Gasteiger charge is 2.15. The van der Waals surface area contributed by atoms with E-state index in [4.69, 9.17) is 9.47 Å². The molecule has 5 nitrogen and oxygen atoms in total. The van der Waals surface area contributed by atoms with Gasteiger partial charge in [-0.15, -0.1) is 0 Å². The quantitative estimate of drug-likeness (QED) is 0.808. The van der Waals surface area contributed by atoms with Crippen molar-refractivity contribution >= 4 is 11.7 Å². The van der Waals surface area contributed by atoms with E-state index in [1.807, 2.05) is 19.1 Å². The van der Waals surface area contributed by atoms with Gasteiger partial charge in [0.2, 0.25) is 12.6 Å². The van der Waals surface area contributed by atoms with Crippen LogP contribution < -0.4 is 14.8 Å². The minimum Gasteiger partial charge on any atom is -0.454 e. The van der Waals surface area contributed by atoms with Crippen molar-refractivity contribution in [1.82, 2.24) is 5.32 Å². The van der Waals surface area contributed by atoms with Crippen LogP contribution in [0.2, 0.25) is 0 Å². The maximum absolute atomic E-state index is 11.1. The summed E-state index contributed by atoms with van der Waals surface area (Å²) >= 11 is 0. The molecule has 2 rings (SSSR count). The van der Waals surface area contributed by atoms with Crippen LogP contribution in [0.3, 0.4) is 0 Å². The predicted molar refractivity (Wildman–Crippen MR) is 64.7 cm³/mol. The Balaban J connectivity index is 1.98. The SMILES string of the molecule is CC(=O)C(=O)NCCc1cc2c(cc1C)OCO2. The Bertz CT molecular complexity index is 496. The van der Waals surface area contributed by atoms with Crippen LogP contribution in [0.4, 0.5) is 0 Å². The fraction of sp³-hybridized carbons (Fsp3) is 0.385. The standard InChI is InChI=1S/C13H15NO4/c1-8-5-11-12(18-7-17-11)6-10(8)3-4-14-13(16)9(2)15/h5-6H,3-4,7H2,1-2H3,(H,14,16). The number of rotatable bonds is 4. The molecule has 0 fully saturated rings.